The molecule has 2 N–H and O–H groups in total. The Labute approximate surface area is 106 Å². The van der Waals surface area contributed by atoms with Crippen LogP contribution in [0.5, 0.6) is 0 Å². The van der Waals surface area contributed by atoms with Gasteiger partial charge in [-0.1, -0.05) is 18.5 Å². The highest BCUT2D eigenvalue weighted by Gasteiger charge is 2.15. The molecule has 1 heterocycles. The number of nitrogens with two attached hydrogens (primary N) is 1. The summed E-state index contributed by atoms with van der Waals surface area (Å²) in [6.07, 6.45) is 0.997. The summed E-state index contributed by atoms with van der Waals surface area (Å²) in [6.45, 7) is 2.86. The van der Waals surface area contributed by atoms with Gasteiger partial charge in [-0.3, -0.25) is 9.48 Å². The van der Waals surface area contributed by atoms with Crippen molar-refractivity contribution >= 4 is 17.4 Å². The van der Waals surface area contributed by atoms with Gasteiger partial charge in [0.2, 0.25) is 0 Å². The molecule has 1 aromatic heterocycles. The summed E-state index contributed by atoms with van der Waals surface area (Å²) in [5.41, 5.74) is 6.83. The van der Waals surface area contributed by atoms with Crippen molar-refractivity contribution in [3.05, 3.63) is 16.4 Å². The van der Waals surface area contributed by atoms with Crippen LogP contribution < -0.4 is 5.73 Å². The van der Waals surface area contributed by atoms with Gasteiger partial charge in [0.25, 0.3) is 0 Å². The number of nitrogens with zero attached hydrogens (tertiary/aromatic N) is 2. The number of hydrogen-bond acceptors (Lipinski definition) is 4. The second kappa shape index (κ2) is 6.74. The molecule has 0 bridgehead atoms. The van der Waals surface area contributed by atoms with E-state index in [2.05, 4.69) is 5.10 Å². The minimum atomic E-state index is -0.0222. The molecule has 0 aromatic carbocycles. The summed E-state index contributed by atoms with van der Waals surface area (Å²) in [7, 11) is 1.79. The lowest BCUT2D eigenvalue weighted by atomic mass is 10.2. The fourth-order valence-electron chi connectivity index (χ4n) is 1.52. The minimum absolute atomic E-state index is 0.0222. The van der Waals surface area contributed by atoms with Crippen molar-refractivity contribution in [2.45, 2.75) is 19.8 Å². The molecule has 6 heteroatoms. The molecule has 0 aliphatic rings. The highest BCUT2D eigenvalue weighted by atomic mass is 35.5. The molecular formula is C11H18ClN3O2. The molecule has 17 heavy (non-hydrogen) atoms. The zero-order chi connectivity index (χ0) is 12.8. The number of carbonyl (C=O) groups excluding carboxylic acids is 1. The number of ether oxygens (including phenoxy) is 1. The average molecular weight is 260 g/mol. The predicted molar refractivity (Wildman–Crippen MR) is 66.2 cm³/mol. The number of aromatic nitrogens is 2. The van der Waals surface area contributed by atoms with Gasteiger partial charge in [0.05, 0.1) is 29.4 Å². The van der Waals surface area contributed by atoms with Crippen molar-refractivity contribution in [3.8, 4) is 0 Å². The van der Waals surface area contributed by atoms with E-state index in [1.807, 2.05) is 6.92 Å². The molecule has 0 atom stereocenters. The second-order valence-corrected chi connectivity index (χ2v) is 4.12. The number of Topliss-reactive ketones (excluding diaryl/α,β-unsaturated/α-hetero) is 1. The first-order chi connectivity index (χ1) is 8.10. The number of halogens is 1. The van der Waals surface area contributed by atoms with Crippen LogP contribution in [0.3, 0.4) is 0 Å². The van der Waals surface area contributed by atoms with Crippen LogP contribution in [0.4, 0.5) is 0 Å². The topological polar surface area (TPSA) is 70.1 Å². The van der Waals surface area contributed by atoms with E-state index in [0.29, 0.717) is 18.2 Å². The molecule has 0 fully saturated rings. The maximum Gasteiger partial charge on any atom is 0.164 e. The quantitative estimate of drug-likeness (QED) is 0.733. The first kappa shape index (κ1) is 14.2. The summed E-state index contributed by atoms with van der Waals surface area (Å²) in [5.74, 6) is -0.0222. The van der Waals surface area contributed by atoms with Crippen LogP contribution in [0.25, 0.3) is 0 Å². The maximum absolute atomic E-state index is 11.6. The molecule has 1 aromatic rings. The summed E-state index contributed by atoms with van der Waals surface area (Å²) in [6, 6.07) is 0. The largest absolute Gasteiger partial charge is 0.372 e. The number of carbonyl (C=O) groups is 1. The lowest BCUT2D eigenvalue weighted by Gasteiger charge is -2.03. The van der Waals surface area contributed by atoms with Gasteiger partial charge in [-0.25, -0.2) is 0 Å². The standard InChI is InChI=1S/C11H18ClN3O2/c1-3-9-11(12)10(15(2)14-9)6-8(16)7-17-5-4-13/h3-7,13H2,1-2H3. The molecule has 0 aliphatic heterocycles. The number of rotatable bonds is 7. The molecule has 5 nitrogen and oxygen atoms in total. The van der Waals surface area contributed by atoms with Crippen LogP contribution in [0.1, 0.15) is 18.3 Å². The Morgan fingerprint density at radius 2 is 2.29 bits per heavy atom. The minimum Gasteiger partial charge on any atom is -0.372 e. The highest BCUT2D eigenvalue weighted by Crippen LogP contribution is 2.21. The summed E-state index contributed by atoms with van der Waals surface area (Å²) in [4.78, 5) is 11.6. The lowest BCUT2D eigenvalue weighted by molar-refractivity contribution is -0.122. The number of aryl methyl sites for hydroxylation is 2. The lowest BCUT2D eigenvalue weighted by Crippen LogP contribution is -2.17. The van der Waals surface area contributed by atoms with Gasteiger partial charge >= 0.3 is 0 Å². The van der Waals surface area contributed by atoms with E-state index in [1.54, 1.807) is 11.7 Å². The van der Waals surface area contributed by atoms with Gasteiger partial charge in [0, 0.05) is 13.6 Å². The third-order valence-electron chi connectivity index (χ3n) is 2.39. The molecule has 0 saturated carbocycles. The van der Waals surface area contributed by atoms with E-state index in [1.165, 1.54) is 0 Å². The second-order valence-electron chi connectivity index (χ2n) is 3.74. The first-order valence-electron chi connectivity index (χ1n) is 5.59. The molecule has 0 spiro atoms. The van der Waals surface area contributed by atoms with Crippen LogP contribution in [0.2, 0.25) is 5.02 Å². The highest BCUT2D eigenvalue weighted by molar-refractivity contribution is 6.32. The van der Waals surface area contributed by atoms with Gasteiger partial charge < -0.3 is 10.5 Å². The summed E-state index contributed by atoms with van der Waals surface area (Å²) >= 11 is 6.14. The van der Waals surface area contributed by atoms with Crippen LogP contribution >= 0.6 is 11.6 Å². The zero-order valence-corrected chi connectivity index (χ0v) is 11.0. The van der Waals surface area contributed by atoms with Crippen LogP contribution in [-0.4, -0.2) is 35.3 Å². The predicted octanol–water partition coefficient (Wildman–Crippen LogP) is 0.723. The van der Waals surface area contributed by atoms with E-state index in [9.17, 15) is 4.79 Å². The molecule has 0 amide bonds. The smallest absolute Gasteiger partial charge is 0.164 e. The Morgan fingerprint density at radius 3 is 2.82 bits per heavy atom. The Bertz CT molecular complexity index is 390. The molecule has 96 valence electrons. The Balaban J connectivity index is 2.62. The maximum atomic E-state index is 11.6. The molecule has 0 saturated heterocycles. The third kappa shape index (κ3) is 3.80. The van der Waals surface area contributed by atoms with Gasteiger partial charge in [0.15, 0.2) is 5.78 Å². The normalized spacial score (nSPS) is 10.8. The average Bonchev–Trinajstić information content (AvgIpc) is 2.57. The van der Waals surface area contributed by atoms with Crippen molar-refractivity contribution in [1.82, 2.24) is 9.78 Å². The van der Waals surface area contributed by atoms with Gasteiger partial charge in [-0.2, -0.15) is 5.10 Å². The molecule has 0 radical (unpaired) electrons. The summed E-state index contributed by atoms with van der Waals surface area (Å²) in [5, 5.41) is 4.84. The Kier molecular flexibility index (Phi) is 5.61. The van der Waals surface area contributed by atoms with Crippen molar-refractivity contribution < 1.29 is 9.53 Å². The zero-order valence-electron chi connectivity index (χ0n) is 10.2. The van der Waals surface area contributed by atoms with Crippen LogP contribution in [0.15, 0.2) is 0 Å². The van der Waals surface area contributed by atoms with Gasteiger partial charge in [0.1, 0.15) is 6.61 Å². The van der Waals surface area contributed by atoms with Crippen LogP contribution in [-0.2, 0) is 29.4 Å². The Hall–Kier alpha value is -0.910. The summed E-state index contributed by atoms with van der Waals surface area (Å²) < 4.78 is 6.74. The van der Waals surface area contributed by atoms with E-state index in [0.717, 1.165) is 17.8 Å². The van der Waals surface area contributed by atoms with Crippen molar-refractivity contribution in [2.24, 2.45) is 12.8 Å². The van der Waals surface area contributed by atoms with E-state index < -0.39 is 0 Å². The Morgan fingerprint density at radius 1 is 1.59 bits per heavy atom. The first-order valence-corrected chi connectivity index (χ1v) is 5.97. The van der Waals surface area contributed by atoms with Crippen molar-refractivity contribution in [3.63, 3.8) is 0 Å². The van der Waals surface area contributed by atoms with Gasteiger partial charge in [-0.15, -0.1) is 0 Å². The van der Waals surface area contributed by atoms with E-state index >= 15 is 0 Å². The molecule has 0 unspecified atom stereocenters. The van der Waals surface area contributed by atoms with Gasteiger partial charge in [-0.05, 0) is 6.42 Å². The van der Waals surface area contributed by atoms with Crippen LogP contribution in [0, 0.1) is 0 Å². The number of ketones is 1. The third-order valence-corrected chi connectivity index (χ3v) is 2.83. The fourth-order valence-corrected chi connectivity index (χ4v) is 1.88. The van der Waals surface area contributed by atoms with E-state index in [-0.39, 0.29) is 18.8 Å². The SMILES string of the molecule is CCc1nn(C)c(CC(=O)COCCN)c1Cl. The molecule has 0 aliphatic carbocycles. The monoisotopic (exact) mass is 259 g/mol. The number of hydrogen-bond donors (Lipinski definition) is 1. The molecule has 1 rings (SSSR count). The van der Waals surface area contributed by atoms with Crippen molar-refractivity contribution in [1.29, 1.82) is 0 Å². The fraction of sp³-hybridized carbons (Fsp3) is 0.636. The van der Waals surface area contributed by atoms with E-state index in [4.69, 9.17) is 22.1 Å². The van der Waals surface area contributed by atoms with Crippen molar-refractivity contribution in [2.75, 3.05) is 19.8 Å². The molecular weight excluding hydrogens is 242 g/mol.